The predicted octanol–water partition coefficient (Wildman–Crippen LogP) is 4.88. The summed E-state index contributed by atoms with van der Waals surface area (Å²) < 4.78 is 1.74. The molecule has 108 valence electrons. The first-order valence-electron chi connectivity index (χ1n) is 6.66. The Hall–Kier alpha value is -1.71. The van der Waals surface area contributed by atoms with Gasteiger partial charge in [-0.05, 0) is 55.3 Å². The standard InChI is InChI=1S/C16H14Cl2N2O/c1-9(2)20-15-7-10(3-4-14(15)19-16(20)21)11-5-12(17)8-13(18)6-11/h3-9H,1-2H3,(H,19,21). The summed E-state index contributed by atoms with van der Waals surface area (Å²) in [5, 5.41) is 1.18. The van der Waals surface area contributed by atoms with Crippen LogP contribution >= 0.6 is 23.2 Å². The van der Waals surface area contributed by atoms with Crippen LogP contribution in [0, 0.1) is 0 Å². The van der Waals surface area contributed by atoms with Gasteiger partial charge in [0.15, 0.2) is 0 Å². The normalized spacial score (nSPS) is 11.5. The van der Waals surface area contributed by atoms with Gasteiger partial charge < -0.3 is 4.98 Å². The van der Waals surface area contributed by atoms with E-state index in [4.69, 9.17) is 23.2 Å². The zero-order valence-electron chi connectivity index (χ0n) is 11.7. The highest BCUT2D eigenvalue weighted by Gasteiger charge is 2.11. The summed E-state index contributed by atoms with van der Waals surface area (Å²) in [6.07, 6.45) is 0. The molecule has 1 heterocycles. The molecule has 0 saturated heterocycles. The molecule has 0 radical (unpaired) electrons. The highest BCUT2D eigenvalue weighted by molar-refractivity contribution is 6.35. The molecule has 0 saturated carbocycles. The highest BCUT2D eigenvalue weighted by atomic mass is 35.5. The first kappa shape index (κ1) is 14.2. The summed E-state index contributed by atoms with van der Waals surface area (Å²) in [7, 11) is 0. The Kier molecular flexibility index (Phi) is 3.56. The average molecular weight is 321 g/mol. The molecule has 2 aromatic carbocycles. The Morgan fingerprint density at radius 3 is 2.29 bits per heavy atom. The number of fused-ring (bicyclic) bond motifs is 1. The van der Waals surface area contributed by atoms with Crippen molar-refractivity contribution < 1.29 is 0 Å². The number of H-pyrrole nitrogens is 1. The molecule has 0 aliphatic heterocycles. The largest absolute Gasteiger partial charge is 0.326 e. The number of rotatable bonds is 2. The van der Waals surface area contributed by atoms with Crippen LogP contribution in [0.15, 0.2) is 41.2 Å². The maximum atomic E-state index is 12.0. The van der Waals surface area contributed by atoms with Crippen LogP contribution in [0.4, 0.5) is 0 Å². The van der Waals surface area contributed by atoms with E-state index in [9.17, 15) is 4.79 Å². The van der Waals surface area contributed by atoms with Crippen molar-refractivity contribution in [1.29, 1.82) is 0 Å². The molecule has 0 bridgehead atoms. The number of aromatic nitrogens is 2. The van der Waals surface area contributed by atoms with Gasteiger partial charge in [-0.3, -0.25) is 4.57 Å². The highest BCUT2D eigenvalue weighted by Crippen LogP contribution is 2.29. The first-order valence-corrected chi connectivity index (χ1v) is 7.42. The minimum Gasteiger partial charge on any atom is -0.306 e. The van der Waals surface area contributed by atoms with Crippen molar-refractivity contribution in [1.82, 2.24) is 9.55 Å². The van der Waals surface area contributed by atoms with Crippen LogP contribution in [0.5, 0.6) is 0 Å². The number of aromatic amines is 1. The van der Waals surface area contributed by atoms with E-state index in [1.807, 2.05) is 44.2 Å². The molecule has 1 aromatic heterocycles. The average Bonchev–Trinajstić information content (AvgIpc) is 2.72. The fourth-order valence-corrected chi connectivity index (χ4v) is 3.06. The van der Waals surface area contributed by atoms with Gasteiger partial charge in [-0.15, -0.1) is 0 Å². The van der Waals surface area contributed by atoms with Crippen molar-refractivity contribution in [2.45, 2.75) is 19.9 Å². The fourth-order valence-electron chi connectivity index (χ4n) is 2.53. The zero-order valence-corrected chi connectivity index (χ0v) is 13.2. The Balaban J connectivity index is 2.25. The molecule has 3 nitrogen and oxygen atoms in total. The second-order valence-electron chi connectivity index (χ2n) is 5.28. The Bertz CT molecular complexity index is 857. The molecule has 0 spiro atoms. The van der Waals surface area contributed by atoms with Crippen LogP contribution in [-0.4, -0.2) is 9.55 Å². The molecule has 0 aliphatic rings. The number of hydrogen-bond donors (Lipinski definition) is 1. The molecular weight excluding hydrogens is 307 g/mol. The van der Waals surface area contributed by atoms with Gasteiger partial charge in [0.05, 0.1) is 11.0 Å². The predicted molar refractivity (Wildman–Crippen MR) is 88.4 cm³/mol. The van der Waals surface area contributed by atoms with Gasteiger partial charge in [-0.25, -0.2) is 4.79 Å². The lowest BCUT2D eigenvalue weighted by molar-refractivity contribution is 0.598. The first-order chi connectivity index (χ1) is 9.95. The number of halogens is 2. The third-order valence-corrected chi connectivity index (χ3v) is 3.87. The van der Waals surface area contributed by atoms with Crippen molar-refractivity contribution in [2.24, 2.45) is 0 Å². The molecule has 3 rings (SSSR count). The maximum absolute atomic E-state index is 12.0. The quantitative estimate of drug-likeness (QED) is 0.717. The minimum atomic E-state index is -0.0960. The summed E-state index contributed by atoms with van der Waals surface area (Å²) >= 11 is 12.1. The lowest BCUT2D eigenvalue weighted by Gasteiger charge is -2.09. The van der Waals surface area contributed by atoms with Gasteiger partial charge in [-0.1, -0.05) is 29.3 Å². The van der Waals surface area contributed by atoms with E-state index in [1.54, 1.807) is 10.6 Å². The molecule has 3 aromatic rings. The third kappa shape index (κ3) is 2.59. The second-order valence-corrected chi connectivity index (χ2v) is 6.16. The SMILES string of the molecule is CC(C)n1c(=O)[nH]c2ccc(-c3cc(Cl)cc(Cl)c3)cc21. The van der Waals surface area contributed by atoms with E-state index < -0.39 is 0 Å². The maximum Gasteiger partial charge on any atom is 0.326 e. The van der Waals surface area contributed by atoms with E-state index in [-0.39, 0.29) is 11.7 Å². The van der Waals surface area contributed by atoms with Crippen molar-refractivity contribution in [3.63, 3.8) is 0 Å². The van der Waals surface area contributed by atoms with Crippen LogP contribution in [0.1, 0.15) is 19.9 Å². The summed E-state index contributed by atoms with van der Waals surface area (Å²) in [6.45, 7) is 3.97. The molecule has 0 aliphatic carbocycles. The summed E-state index contributed by atoms with van der Waals surface area (Å²) in [6, 6.07) is 11.3. The van der Waals surface area contributed by atoms with E-state index in [0.29, 0.717) is 10.0 Å². The van der Waals surface area contributed by atoms with Gasteiger partial charge in [-0.2, -0.15) is 0 Å². The number of nitrogens with one attached hydrogen (secondary N) is 1. The van der Waals surface area contributed by atoms with Gasteiger partial charge in [0.1, 0.15) is 0 Å². The molecule has 1 N–H and O–H groups in total. The number of nitrogens with zero attached hydrogens (tertiary/aromatic N) is 1. The van der Waals surface area contributed by atoms with Gasteiger partial charge in [0, 0.05) is 16.1 Å². The molecule has 5 heteroatoms. The van der Waals surface area contributed by atoms with Crippen LogP contribution in [0.3, 0.4) is 0 Å². The van der Waals surface area contributed by atoms with Crippen LogP contribution < -0.4 is 5.69 Å². The topological polar surface area (TPSA) is 37.8 Å². The van der Waals surface area contributed by atoms with Gasteiger partial charge in [0.25, 0.3) is 0 Å². The van der Waals surface area contributed by atoms with Crippen molar-refractivity contribution >= 4 is 34.2 Å². The van der Waals surface area contributed by atoms with E-state index in [2.05, 4.69) is 4.98 Å². The third-order valence-electron chi connectivity index (χ3n) is 3.43. The number of benzene rings is 2. The van der Waals surface area contributed by atoms with Gasteiger partial charge in [0.2, 0.25) is 0 Å². The van der Waals surface area contributed by atoms with Gasteiger partial charge >= 0.3 is 5.69 Å². The molecule has 0 atom stereocenters. The summed E-state index contributed by atoms with van der Waals surface area (Å²) in [5.41, 5.74) is 3.51. The number of imidazole rings is 1. The van der Waals surface area contributed by atoms with E-state index in [0.717, 1.165) is 22.2 Å². The summed E-state index contributed by atoms with van der Waals surface area (Å²) in [5.74, 6) is 0. The Morgan fingerprint density at radius 2 is 1.67 bits per heavy atom. The monoisotopic (exact) mass is 320 g/mol. The van der Waals surface area contributed by atoms with Crippen molar-refractivity contribution in [3.05, 3.63) is 56.9 Å². The number of hydrogen-bond acceptors (Lipinski definition) is 1. The minimum absolute atomic E-state index is 0.0875. The molecular formula is C16H14Cl2N2O. The molecule has 0 fully saturated rings. The van der Waals surface area contributed by atoms with E-state index >= 15 is 0 Å². The smallest absolute Gasteiger partial charge is 0.306 e. The molecule has 0 unspecified atom stereocenters. The lowest BCUT2D eigenvalue weighted by Crippen LogP contribution is -2.18. The van der Waals surface area contributed by atoms with Crippen molar-refractivity contribution in [2.75, 3.05) is 0 Å². The van der Waals surface area contributed by atoms with Crippen molar-refractivity contribution in [3.8, 4) is 11.1 Å². The molecule has 21 heavy (non-hydrogen) atoms. The Labute approximate surface area is 132 Å². The van der Waals surface area contributed by atoms with Crippen LogP contribution in [-0.2, 0) is 0 Å². The molecule has 0 amide bonds. The Morgan fingerprint density at radius 1 is 1.00 bits per heavy atom. The fraction of sp³-hybridized carbons (Fsp3) is 0.188. The summed E-state index contributed by atoms with van der Waals surface area (Å²) in [4.78, 5) is 14.9. The van der Waals surface area contributed by atoms with Crippen LogP contribution in [0.25, 0.3) is 22.2 Å². The zero-order chi connectivity index (χ0) is 15.1. The van der Waals surface area contributed by atoms with E-state index in [1.165, 1.54) is 0 Å². The lowest BCUT2D eigenvalue weighted by atomic mass is 10.1. The van der Waals surface area contributed by atoms with Crippen LogP contribution in [0.2, 0.25) is 10.0 Å². The second kappa shape index (κ2) is 5.24.